The van der Waals surface area contributed by atoms with E-state index in [2.05, 4.69) is 0 Å². The Balaban J connectivity index is 1.79. The van der Waals surface area contributed by atoms with Gasteiger partial charge < -0.3 is 5.11 Å². The molecule has 1 amide bonds. The zero-order valence-electron chi connectivity index (χ0n) is 13.0. The first kappa shape index (κ1) is 17.1. The van der Waals surface area contributed by atoms with Crippen molar-refractivity contribution in [3.63, 3.8) is 0 Å². The number of thiocarbonyl (C=S) groups is 1. The second-order valence-corrected chi connectivity index (χ2v) is 6.84. The molecule has 0 unspecified atom stereocenters. The van der Waals surface area contributed by atoms with Crippen molar-refractivity contribution in [1.82, 2.24) is 0 Å². The van der Waals surface area contributed by atoms with E-state index in [4.69, 9.17) is 17.3 Å². The predicted molar refractivity (Wildman–Crippen MR) is 105 cm³/mol. The molecule has 124 valence electrons. The normalized spacial score (nSPS) is 16.2. The topological polar surface area (TPSA) is 57.6 Å². The van der Waals surface area contributed by atoms with E-state index in [0.717, 1.165) is 5.56 Å². The molecule has 0 aliphatic carbocycles. The van der Waals surface area contributed by atoms with Gasteiger partial charge in [-0.15, -0.1) is 0 Å². The highest BCUT2D eigenvalue weighted by atomic mass is 32.2. The highest BCUT2D eigenvalue weighted by Gasteiger charge is 2.32. The number of carboxylic acid groups (broad SMARTS) is 1. The first-order valence-corrected chi connectivity index (χ1v) is 8.62. The van der Waals surface area contributed by atoms with Crippen molar-refractivity contribution in [1.29, 1.82) is 0 Å². The lowest BCUT2D eigenvalue weighted by atomic mass is 10.2. The average molecular weight is 367 g/mol. The molecule has 1 fully saturated rings. The van der Waals surface area contributed by atoms with Crippen LogP contribution in [-0.2, 0) is 4.79 Å². The van der Waals surface area contributed by atoms with Crippen molar-refractivity contribution < 1.29 is 14.7 Å². The maximum absolute atomic E-state index is 12.6. The summed E-state index contributed by atoms with van der Waals surface area (Å²) in [6.07, 6.45) is 5.46. The van der Waals surface area contributed by atoms with Gasteiger partial charge >= 0.3 is 5.97 Å². The lowest BCUT2D eigenvalue weighted by Gasteiger charge is -2.14. The predicted octanol–water partition coefficient (Wildman–Crippen LogP) is 4.35. The third-order valence-corrected chi connectivity index (χ3v) is 4.82. The first-order valence-electron chi connectivity index (χ1n) is 7.39. The summed E-state index contributed by atoms with van der Waals surface area (Å²) in [6, 6.07) is 15.8. The maximum Gasteiger partial charge on any atom is 0.335 e. The van der Waals surface area contributed by atoms with Gasteiger partial charge in [0.1, 0.15) is 0 Å². The second kappa shape index (κ2) is 7.46. The summed E-state index contributed by atoms with van der Waals surface area (Å²) in [5, 5.41) is 8.95. The molecule has 1 heterocycles. The number of carboxylic acids is 1. The summed E-state index contributed by atoms with van der Waals surface area (Å²) in [5.74, 6) is -1.22. The van der Waals surface area contributed by atoms with Crippen molar-refractivity contribution in [3.05, 3.63) is 82.8 Å². The number of hydrogen-bond donors (Lipinski definition) is 1. The van der Waals surface area contributed by atoms with Crippen LogP contribution in [0.4, 0.5) is 5.69 Å². The first-order chi connectivity index (χ1) is 12.1. The lowest BCUT2D eigenvalue weighted by molar-refractivity contribution is -0.113. The molecule has 0 spiro atoms. The Morgan fingerprint density at radius 2 is 1.76 bits per heavy atom. The van der Waals surface area contributed by atoms with Crippen LogP contribution in [0.25, 0.3) is 6.08 Å². The minimum atomic E-state index is -1.01. The zero-order valence-corrected chi connectivity index (χ0v) is 14.6. The number of carbonyl (C=O) groups is 2. The van der Waals surface area contributed by atoms with Gasteiger partial charge in [0.2, 0.25) is 0 Å². The minimum absolute atomic E-state index is 0.163. The summed E-state index contributed by atoms with van der Waals surface area (Å²) in [5.41, 5.74) is 1.76. The monoisotopic (exact) mass is 367 g/mol. The van der Waals surface area contributed by atoms with E-state index in [-0.39, 0.29) is 11.5 Å². The van der Waals surface area contributed by atoms with E-state index < -0.39 is 5.97 Å². The van der Waals surface area contributed by atoms with Gasteiger partial charge in [0.05, 0.1) is 16.2 Å². The van der Waals surface area contributed by atoms with Gasteiger partial charge in [-0.1, -0.05) is 66.5 Å². The Bertz CT molecular complexity index is 887. The van der Waals surface area contributed by atoms with E-state index in [1.54, 1.807) is 18.2 Å². The summed E-state index contributed by atoms with van der Waals surface area (Å²) in [4.78, 5) is 25.4. The van der Waals surface area contributed by atoms with Crippen molar-refractivity contribution >= 4 is 51.9 Å². The Morgan fingerprint density at radius 3 is 2.40 bits per heavy atom. The van der Waals surface area contributed by atoms with Crippen LogP contribution in [0.2, 0.25) is 0 Å². The van der Waals surface area contributed by atoms with Crippen LogP contribution in [0.15, 0.2) is 71.7 Å². The Morgan fingerprint density at radius 1 is 1.08 bits per heavy atom. The molecular formula is C19H13NO3S2. The van der Waals surface area contributed by atoms with E-state index in [1.807, 2.05) is 42.5 Å². The molecule has 0 atom stereocenters. The van der Waals surface area contributed by atoms with Gasteiger partial charge in [-0.3, -0.25) is 9.69 Å². The van der Waals surface area contributed by atoms with Gasteiger partial charge in [0, 0.05) is 0 Å². The van der Waals surface area contributed by atoms with Crippen molar-refractivity contribution in [2.24, 2.45) is 0 Å². The molecular weight excluding hydrogens is 354 g/mol. The van der Waals surface area contributed by atoms with E-state index >= 15 is 0 Å². The fourth-order valence-corrected chi connectivity index (χ4v) is 3.52. The number of anilines is 1. The second-order valence-electron chi connectivity index (χ2n) is 5.16. The highest BCUT2D eigenvalue weighted by Crippen LogP contribution is 2.34. The summed E-state index contributed by atoms with van der Waals surface area (Å²) in [6.45, 7) is 0. The van der Waals surface area contributed by atoms with Crippen molar-refractivity contribution in [2.45, 2.75) is 0 Å². The van der Waals surface area contributed by atoms with Gasteiger partial charge in [-0.2, -0.15) is 0 Å². The van der Waals surface area contributed by atoms with Crippen molar-refractivity contribution in [2.75, 3.05) is 4.90 Å². The molecule has 0 bridgehead atoms. The molecule has 1 aliphatic rings. The van der Waals surface area contributed by atoms with Gasteiger partial charge in [0.25, 0.3) is 5.91 Å². The number of benzene rings is 2. The molecule has 6 heteroatoms. The summed E-state index contributed by atoms with van der Waals surface area (Å²) >= 11 is 6.52. The fraction of sp³-hybridized carbons (Fsp3) is 0. The molecule has 2 aromatic rings. The smallest absolute Gasteiger partial charge is 0.335 e. The van der Waals surface area contributed by atoms with E-state index in [0.29, 0.717) is 14.9 Å². The molecule has 1 N–H and O–H groups in total. The highest BCUT2D eigenvalue weighted by molar-refractivity contribution is 8.27. The standard InChI is InChI=1S/C19H13NO3S2/c21-17-16(8-4-7-13-5-2-1-3-6-13)25-19(24)20(17)15-11-9-14(10-12-15)18(22)23/h1-12H,(H,22,23)/b7-4+,16-8+. The SMILES string of the molecule is O=C(O)c1ccc(N2C(=O)/C(=C\C=C\c3ccccc3)SC2=S)cc1. The maximum atomic E-state index is 12.6. The summed E-state index contributed by atoms with van der Waals surface area (Å²) < 4.78 is 0.424. The molecule has 2 aromatic carbocycles. The largest absolute Gasteiger partial charge is 0.478 e. The van der Waals surface area contributed by atoms with Gasteiger partial charge in [-0.25, -0.2) is 4.79 Å². The van der Waals surface area contributed by atoms with Crippen LogP contribution < -0.4 is 4.90 Å². The van der Waals surface area contributed by atoms with Gasteiger partial charge in [-0.05, 0) is 35.9 Å². The fourth-order valence-electron chi connectivity index (χ4n) is 2.27. The molecule has 25 heavy (non-hydrogen) atoms. The van der Waals surface area contributed by atoms with Crippen LogP contribution >= 0.6 is 24.0 Å². The Kier molecular flexibility index (Phi) is 5.11. The Hall–Kier alpha value is -2.70. The number of thioether (sulfide) groups is 1. The van der Waals surface area contributed by atoms with Gasteiger partial charge in [0.15, 0.2) is 4.32 Å². The average Bonchev–Trinajstić information content (AvgIpc) is 2.90. The van der Waals surface area contributed by atoms with E-state index in [1.165, 1.54) is 28.8 Å². The van der Waals surface area contributed by atoms with Crippen LogP contribution in [-0.4, -0.2) is 21.3 Å². The number of aromatic carboxylic acids is 1. The van der Waals surface area contributed by atoms with Crippen LogP contribution in [0, 0.1) is 0 Å². The molecule has 0 aromatic heterocycles. The van der Waals surface area contributed by atoms with Crippen molar-refractivity contribution in [3.8, 4) is 0 Å². The van der Waals surface area contributed by atoms with Crippen LogP contribution in [0.1, 0.15) is 15.9 Å². The van der Waals surface area contributed by atoms with E-state index in [9.17, 15) is 9.59 Å². The van der Waals surface area contributed by atoms with Crippen LogP contribution in [0.3, 0.4) is 0 Å². The third-order valence-electron chi connectivity index (χ3n) is 3.50. The molecule has 0 saturated carbocycles. The Labute approximate surface area is 154 Å². The lowest BCUT2D eigenvalue weighted by Crippen LogP contribution is -2.27. The molecule has 1 aliphatic heterocycles. The molecule has 4 nitrogen and oxygen atoms in total. The zero-order chi connectivity index (χ0) is 17.8. The number of carbonyl (C=O) groups excluding carboxylic acids is 1. The number of amides is 1. The van der Waals surface area contributed by atoms with Crippen LogP contribution in [0.5, 0.6) is 0 Å². The quantitative estimate of drug-likeness (QED) is 0.643. The third kappa shape index (κ3) is 3.87. The number of nitrogens with zero attached hydrogens (tertiary/aromatic N) is 1. The summed E-state index contributed by atoms with van der Waals surface area (Å²) in [7, 11) is 0. The number of hydrogen-bond acceptors (Lipinski definition) is 4. The number of rotatable bonds is 4. The molecule has 0 radical (unpaired) electrons. The molecule has 3 rings (SSSR count). The molecule has 1 saturated heterocycles. The number of allylic oxidation sites excluding steroid dienone is 2. The minimum Gasteiger partial charge on any atom is -0.478 e.